The first-order chi connectivity index (χ1) is 8.85. The average Bonchev–Trinajstić information content (AvgIpc) is 2.78. The number of rotatable bonds is 4. The number of carboxylic acids is 1. The van der Waals surface area contributed by atoms with Crippen molar-refractivity contribution in [3.8, 4) is 0 Å². The van der Waals surface area contributed by atoms with E-state index in [2.05, 4.69) is 25.8 Å². The molecule has 1 saturated heterocycles. The largest absolute Gasteiger partial charge is 0.481 e. The van der Waals surface area contributed by atoms with E-state index in [0.717, 1.165) is 0 Å². The molecule has 0 aromatic heterocycles. The monoisotopic (exact) mass is 269 g/mol. The zero-order valence-electron chi connectivity index (χ0n) is 12.4. The van der Waals surface area contributed by atoms with Crippen LogP contribution in [0, 0.1) is 10.8 Å². The van der Waals surface area contributed by atoms with Crippen molar-refractivity contribution in [1.29, 1.82) is 0 Å². The molecule has 1 heterocycles. The molecular weight excluding hydrogens is 242 g/mol. The molecule has 1 atom stereocenters. The van der Waals surface area contributed by atoms with Crippen molar-refractivity contribution in [3.05, 3.63) is 0 Å². The molecule has 0 bridgehead atoms. The molecule has 0 amide bonds. The maximum atomic E-state index is 11.5. The Hall–Kier alpha value is -0.610. The summed E-state index contributed by atoms with van der Waals surface area (Å²) in [5.74, 6) is -0.701. The van der Waals surface area contributed by atoms with Crippen molar-refractivity contribution in [3.63, 3.8) is 0 Å². The summed E-state index contributed by atoms with van der Waals surface area (Å²) in [6, 6.07) is 0.532. The predicted molar refractivity (Wildman–Crippen MR) is 74.2 cm³/mol. The molecule has 0 aromatic rings. The van der Waals surface area contributed by atoms with Crippen LogP contribution in [0.2, 0.25) is 0 Å². The second-order valence-corrected chi connectivity index (χ2v) is 7.20. The molecule has 2 fully saturated rings. The van der Waals surface area contributed by atoms with Gasteiger partial charge in [0.15, 0.2) is 0 Å². The van der Waals surface area contributed by atoms with Gasteiger partial charge >= 0.3 is 5.97 Å². The van der Waals surface area contributed by atoms with Crippen LogP contribution in [0.3, 0.4) is 0 Å². The Morgan fingerprint density at radius 3 is 2.42 bits per heavy atom. The normalized spacial score (nSPS) is 31.8. The summed E-state index contributed by atoms with van der Waals surface area (Å²) in [5, 5.41) is 9.49. The van der Waals surface area contributed by atoms with Gasteiger partial charge in [0, 0.05) is 19.2 Å². The Morgan fingerprint density at radius 1 is 1.32 bits per heavy atom. The number of hydrogen-bond donors (Lipinski definition) is 1. The number of ether oxygens (including phenoxy) is 1. The molecule has 4 nitrogen and oxygen atoms in total. The molecule has 1 aliphatic heterocycles. The van der Waals surface area contributed by atoms with Crippen molar-refractivity contribution >= 4 is 5.97 Å². The van der Waals surface area contributed by atoms with Crippen LogP contribution in [0.25, 0.3) is 0 Å². The molecule has 2 aliphatic rings. The SMILES string of the molecule is CN(CC1(C(=O)O)CCOC1)C1CCC(C)(C)CC1. The minimum absolute atomic E-state index is 0.366. The van der Waals surface area contributed by atoms with Gasteiger partial charge in [-0.1, -0.05) is 13.8 Å². The van der Waals surface area contributed by atoms with E-state index in [-0.39, 0.29) is 0 Å². The zero-order valence-corrected chi connectivity index (χ0v) is 12.4. The van der Waals surface area contributed by atoms with Gasteiger partial charge in [0.2, 0.25) is 0 Å². The van der Waals surface area contributed by atoms with E-state index in [1.165, 1.54) is 25.7 Å². The van der Waals surface area contributed by atoms with Gasteiger partial charge in [-0.05, 0) is 44.6 Å². The highest BCUT2D eigenvalue weighted by Gasteiger charge is 2.44. The maximum absolute atomic E-state index is 11.5. The Kier molecular flexibility index (Phi) is 4.21. The van der Waals surface area contributed by atoms with Gasteiger partial charge < -0.3 is 14.7 Å². The van der Waals surface area contributed by atoms with E-state index in [4.69, 9.17) is 4.74 Å². The first-order valence-electron chi connectivity index (χ1n) is 7.36. The van der Waals surface area contributed by atoms with Crippen LogP contribution in [0.5, 0.6) is 0 Å². The van der Waals surface area contributed by atoms with Crippen molar-refractivity contribution in [2.24, 2.45) is 10.8 Å². The molecule has 1 unspecified atom stereocenters. The van der Waals surface area contributed by atoms with Gasteiger partial charge in [0.25, 0.3) is 0 Å². The standard InChI is InChI=1S/C15H27NO3/c1-14(2)6-4-12(5-7-14)16(3)10-15(13(17)18)8-9-19-11-15/h12H,4-11H2,1-3H3,(H,17,18). The van der Waals surface area contributed by atoms with E-state index >= 15 is 0 Å². The summed E-state index contributed by atoms with van der Waals surface area (Å²) in [6.45, 7) is 6.22. The van der Waals surface area contributed by atoms with Crippen LogP contribution in [-0.4, -0.2) is 48.8 Å². The second kappa shape index (κ2) is 5.41. The fourth-order valence-electron chi connectivity index (χ4n) is 3.40. The molecule has 0 aromatic carbocycles. The second-order valence-electron chi connectivity index (χ2n) is 7.20. The van der Waals surface area contributed by atoms with Crippen molar-refractivity contribution in [1.82, 2.24) is 4.90 Å². The highest BCUT2D eigenvalue weighted by atomic mass is 16.5. The summed E-state index contributed by atoms with van der Waals surface area (Å²) in [4.78, 5) is 13.8. The minimum atomic E-state index is -0.701. The molecule has 0 spiro atoms. The number of hydrogen-bond acceptors (Lipinski definition) is 3. The lowest BCUT2D eigenvalue weighted by atomic mass is 9.75. The summed E-state index contributed by atoms with van der Waals surface area (Å²) < 4.78 is 5.34. The van der Waals surface area contributed by atoms with Crippen LogP contribution in [0.1, 0.15) is 46.0 Å². The predicted octanol–water partition coefficient (Wildman–Crippen LogP) is 2.38. The van der Waals surface area contributed by atoms with Gasteiger partial charge in [0.05, 0.1) is 6.61 Å². The number of aliphatic carboxylic acids is 1. The van der Waals surface area contributed by atoms with E-state index in [1.54, 1.807) is 0 Å². The smallest absolute Gasteiger partial charge is 0.313 e. The van der Waals surface area contributed by atoms with Crippen LogP contribution < -0.4 is 0 Å². The third-order valence-corrected chi connectivity index (χ3v) is 5.04. The Bertz CT molecular complexity index is 324. The van der Waals surface area contributed by atoms with E-state index in [1.807, 2.05) is 0 Å². The molecular formula is C15H27NO3. The molecule has 1 saturated carbocycles. The number of carboxylic acid groups (broad SMARTS) is 1. The van der Waals surface area contributed by atoms with E-state index in [0.29, 0.717) is 37.6 Å². The van der Waals surface area contributed by atoms with E-state index in [9.17, 15) is 9.90 Å². The highest BCUT2D eigenvalue weighted by Crippen LogP contribution is 2.38. The molecule has 1 N–H and O–H groups in total. The molecule has 1 aliphatic carbocycles. The average molecular weight is 269 g/mol. The van der Waals surface area contributed by atoms with Gasteiger partial charge in [0.1, 0.15) is 5.41 Å². The first kappa shape index (κ1) is 14.8. The lowest BCUT2D eigenvalue weighted by Crippen LogP contribution is -2.47. The third-order valence-electron chi connectivity index (χ3n) is 5.04. The van der Waals surface area contributed by atoms with Crippen LogP contribution in [0.4, 0.5) is 0 Å². The zero-order chi connectivity index (χ0) is 14.1. The molecule has 110 valence electrons. The Balaban J connectivity index is 1.93. The summed E-state index contributed by atoms with van der Waals surface area (Å²) >= 11 is 0. The van der Waals surface area contributed by atoms with Crippen molar-refractivity contribution in [2.45, 2.75) is 52.0 Å². The van der Waals surface area contributed by atoms with Crippen LogP contribution in [0.15, 0.2) is 0 Å². The number of nitrogens with zero attached hydrogens (tertiary/aromatic N) is 1. The topological polar surface area (TPSA) is 49.8 Å². The lowest BCUT2D eigenvalue weighted by molar-refractivity contribution is -0.150. The van der Waals surface area contributed by atoms with Gasteiger partial charge in [-0.3, -0.25) is 4.79 Å². The Morgan fingerprint density at radius 2 is 1.95 bits per heavy atom. The summed E-state index contributed by atoms with van der Waals surface area (Å²) in [7, 11) is 2.08. The Labute approximate surface area is 116 Å². The fraction of sp³-hybridized carbons (Fsp3) is 0.933. The number of carbonyl (C=O) groups is 1. The molecule has 19 heavy (non-hydrogen) atoms. The summed E-state index contributed by atoms with van der Waals surface area (Å²) in [5.41, 5.74) is -0.222. The van der Waals surface area contributed by atoms with E-state index < -0.39 is 11.4 Å². The molecule has 2 rings (SSSR count). The fourth-order valence-corrected chi connectivity index (χ4v) is 3.40. The van der Waals surface area contributed by atoms with Gasteiger partial charge in [-0.15, -0.1) is 0 Å². The van der Waals surface area contributed by atoms with Gasteiger partial charge in [-0.25, -0.2) is 0 Å². The quantitative estimate of drug-likeness (QED) is 0.851. The van der Waals surface area contributed by atoms with Crippen molar-refractivity contribution < 1.29 is 14.6 Å². The van der Waals surface area contributed by atoms with Gasteiger partial charge in [-0.2, -0.15) is 0 Å². The molecule has 4 heteroatoms. The first-order valence-corrected chi connectivity index (χ1v) is 7.36. The minimum Gasteiger partial charge on any atom is -0.481 e. The summed E-state index contributed by atoms with van der Waals surface area (Å²) in [6.07, 6.45) is 5.47. The highest BCUT2D eigenvalue weighted by molar-refractivity contribution is 5.75. The lowest BCUT2D eigenvalue weighted by Gasteiger charge is -2.40. The maximum Gasteiger partial charge on any atom is 0.313 e. The molecule has 0 radical (unpaired) electrons. The third kappa shape index (κ3) is 3.29. The van der Waals surface area contributed by atoms with Crippen molar-refractivity contribution in [2.75, 3.05) is 26.8 Å². The van der Waals surface area contributed by atoms with Crippen LogP contribution in [-0.2, 0) is 9.53 Å². The van der Waals surface area contributed by atoms with Crippen LogP contribution >= 0.6 is 0 Å².